The maximum atomic E-state index is 6.57. The smallest absolute Gasteiger partial charge is 0.390 e. The average molecular weight is 807 g/mol. The summed E-state index contributed by atoms with van der Waals surface area (Å²) >= 11 is 27.6. The minimum Gasteiger partial charge on any atom is -0.390 e. The lowest BCUT2D eigenvalue weighted by Gasteiger charge is -2.14. The third-order valence-electron chi connectivity index (χ3n) is 7.69. The van der Waals surface area contributed by atoms with Gasteiger partial charge in [-0.15, -0.1) is 75.8 Å². The minimum absolute atomic E-state index is 0.480. The molecule has 6 aromatic carbocycles. The second-order valence-corrected chi connectivity index (χ2v) is 16.2. The van der Waals surface area contributed by atoms with Crippen molar-refractivity contribution in [3.8, 4) is 22.6 Å². The zero-order chi connectivity index (χ0) is 34.5. The van der Waals surface area contributed by atoms with Crippen molar-refractivity contribution in [1.82, 2.24) is 0 Å². The molecule has 0 amide bonds. The van der Waals surface area contributed by atoms with Crippen molar-refractivity contribution in [2.45, 2.75) is 29.4 Å². The lowest BCUT2D eigenvalue weighted by Crippen LogP contribution is -1.90. The Morgan fingerprint density at radius 2 is 0.600 bits per heavy atom. The van der Waals surface area contributed by atoms with E-state index in [1.165, 1.54) is 0 Å². The fourth-order valence-corrected chi connectivity index (χ4v) is 8.81. The Bertz CT molecular complexity index is 2400. The summed E-state index contributed by atoms with van der Waals surface area (Å²) in [7, 11) is -3.95. The molecule has 2 heterocycles. The molecule has 0 bridgehead atoms. The van der Waals surface area contributed by atoms with E-state index >= 15 is 0 Å². The summed E-state index contributed by atoms with van der Waals surface area (Å²) in [4.78, 5) is 4.56. The molecule has 0 unspecified atom stereocenters. The highest BCUT2D eigenvalue weighted by atomic mass is 32.1. The van der Waals surface area contributed by atoms with Crippen LogP contribution in [0, 0.1) is 0 Å². The monoisotopic (exact) mass is 806 g/mol. The van der Waals surface area contributed by atoms with Crippen LogP contribution in [-0.4, -0.2) is 0 Å². The van der Waals surface area contributed by atoms with Gasteiger partial charge in [0.05, 0.1) is 0 Å². The van der Waals surface area contributed by atoms with Gasteiger partial charge in [0.25, 0.3) is 0 Å². The van der Waals surface area contributed by atoms with Gasteiger partial charge in [-0.3, -0.25) is 0 Å². The molecule has 250 valence electrons. The van der Waals surface area contributed by atoms with Gasteiger partial charge >= 0.3 is 16.5 Å². The van der Waals surface area contributed by atoms with Crippen molar-refractivity contribution in [1.29, 1.82) is 0 Å². The predicted octanol–water partition coefficient (Wildman–Crippen LogP) is 14.0. The van der Waals surface area contributed by atoms with Crippen molar-refractivity contribution in [3.63, 3.8) is 0 Å². The molecule has 14 heteroatoms. The molecule has 0 saturated heterocycles. The quantitative estimate of drug-likeness (QED) is 0.0974. The minimum atomic E-state index is -1.98. The average Bonchev–Trinajstić information content (AvgIpc) is 3.33. The van der Waals surface area contributed by atoms with E-state index in [0.717, 1.165) is 41.1 Å². The second kappa shape index (κ2) is 14.1. The van der Waals surface area contributed by atoms with E-state index in [-0.39, 0.29) is 0 Å². The van der Waals surface area contributed by atoms with Crippen LogP contribution in [0.15, 0.2) is 155 Å². The number of hydrogen-bond donors (Lipinski definition) is 6. The summed E-state index contributed by atoms with van der Waals surface area (Å²) in [5.41, 5.74) is 3.74. The SMILES string of the molecule is Sc1ccc(Op2oc3ccc(S)cc3c3cc(S)ccc3o2)c(-c2cc(S)ccc2Op2oc3ccc(S)cc3c3cc(S)ccc3o2)c1. The summed E-state index contributed by atoms with van der Waals surface area (Å²) in [5, 5.41) is 3.30. The van der Waals surface area contributed by atoms with Gasteiger partial charge < -0.3 is 25.8 Å². The van der Waals surface area contributed by atoms with E-state index in [1.54, 1.807) is 0 Å². The highest BCUT2D eigenvalue weighted by Gasteiger charge is 2.19. The van der Waals surface area contributed by atoms with Crippen LogP contribution in [0.1, 0.15) is 0 Å². The Hall–Kier alpha value is -3.18. The molecular formula is C36H24O6P2S6. The van der Waals surface area contributed by atoms with Gasteiger partial charge in [-0.1, -0.05) is 0 Å². The van der Waals surface area contributed by atoms with Gasteiger partial charge in [0.2, 0.25) is 0 Å². The maximum Gasteiger partial charge on any atom is 0.453 e. The summed E-state index contributed by atoms with van der Waals surface area (Å²) in [6, 6.07) is 33.7. The van der Waals surface area contributed by atoms with Gasteiger partial charge in [-0.2, -0.15) is 0 Å². The van der Waals surface area contributed by atoms with E-state index in [4.69, 9.17) is 25.8 Å². The van der Waals surface area contributed by atoms with Crippen molar-refractivity contribution in [2.75, 3.05) is 0 Å². The zero-order valence-corrected chi connectivity index (χ0v) is 32.6. The van der Waals surface area contributed by atoms with Crippen LogP contribution >= 0.6 is 92.3 Å². The van der Waals surface area contributed by atoms with Gasteiger partial charge in [0.15, 0.2) is 0 Å². The Labute approximate surface area is 320 Å². The summed E-state index contributed by atoms with van der Waals surface area (Å²) < 4.78 is 38.7. The molecule has 0 aliphatic rings. The van der Waals surface area contributed by atoms with Crippen molar-refractivity contribution >= 4 is 136 Å². The van der Waals surface area contributed by atoms with Crippen LogP contribution in [0.25, 0.3) is 55.0 Å². The molecule has 2 aromatic heterocycles. The third kappa shape index (κ3) is 7.01. The van der Waals surface area contributed by atoms with Crippen LogP contribution < -0.4 is 9.05 Å². The maximum absolute atomic E-state index is 6.57. The first-order valence-electron chi connectivity index (χ1n) is 14.8. The van der Waals surface area contributed by atoms with Gasteiger partial charge in [0.1, 0.15) is 33.8 Å². The summed E-state index contributed by atoms with van der Waals surface area (Å²) in [6.45, 7) is 0. The summed E-state index contributed by atoms with van der Waals surface area (Å²) in [5.74, 6) is 0.959. The molecule has 0 aliphatic heterocycles. The standard InChI is InChI=1S/C36H24O6P2S6/c45-19-1-7-31-25(13-19)26-14-20(46)2-8-32(26)38-43(37-31)41-35-11-5-23(49)17-29(35)30-18-24(50)6-12-36(30)42-44-39-33-9-3-21(47)15-27(33)28-16-22(48)4-10-34(28)40-44/h1-18,45-50H. The molecule has 0 atom stereocenters. The second-order valence-electron chi connectivity index (χ2n) is 11.1. The van der Waals surface area contributed by atoms with E-state index in [1.807, 2.05) is 109 Å². The van der Waals surface area contributed by atoms with Gasteiger partial charge in [0, 0.05) is 62.0 Å². The predicted molar refractivity (Wildman–Crippen MR) is 220 cm³/mol. The topological polar surface area (TPSA) is 71.0 Å². The number of rotatable bonds is 5. The van der Waals surface area contributed by atoms with Gasteiger partial charge in [-0.25, -0.2) is 0 Å². The lowest BCUT2D eigenvalue weighted by atomic mass is 10.0. The fraction of sp³-hybridized carbons (Fsp3) is 0. The molecule has 6 nitrogen and oxygen atoms in total. The fourth-order valence-electron chi connectivity index (χ4n) is 5.44. The van der Waals surface area contributed by atoms with Crippen LogP contribution in [-0.2, 0) is 0 Å². The van der Waals surface area contributed by atoms with Crippen LogP contribution in [0.4, 0.5) is 0 Å². The highest BCUT2D eigenvalue weighted by molar-refractivity contribution is 7.81. The van der Waals surface area contributed by atoms with E-state index < -0.39 is 16.5 Å². The Morgan fingerprint density at radius 1 is 0.340 bits per heavy atom. The zero-order valence-electron chi connectivity index (χ0n) is 25.4. The largest absolute Gasteiger partial charge is 0.453 e. The molecule has 0 radical (unpaired) electrons. The van der Waals surface area contributed by atoms with E-state index in [9.17, 15) is 0 Å². The van der Waals surface area contributed by atoms with Crippen LogP contribution in [0.5, 0.6) is 11.5 Å². The first-order valence-corrected chi connectivity index (χ1v) is 19.7. The first kappa shape index (κ1) is 33.9. The molecule has 0 aliphatic carbocycles. The number of benzene rings is 6. The molecule has 0 N–H and O–H groups in total. The normalized spacial score (nSPS) is 11.4. The molecular weight excluding hydrogens is 783 g/mol. The third-order valence-corrected chi connectivity index (χ3v) is 11.4. The molecule has 0 saturated carbocycles. The number of thiol groups is 6. The molecule has 8 rings (SSSR count). The van der Waals surface area contributed by atoms with E-state index in [0.29, 0.717) is 54.7 Å². The Morgan fingerprint density at radius 3 is 0.900 bits per heavy atom. The lowest BCUT2D eigenvalue weighted by molar-refractivity contribution is 0.493. The van der Waals surface area contributed by atoms with Gasteiger partial charge in [-0.05, 0) is 109 Å². The van der Waals surface area contributed by atoms with Crippen LogP contribution in [0.3, 0.4) is 0 Å². The first-order chi connectivity index (χ1) is 24.2. The molecule has 8 aromatic rings. The Balaban J connectivity index is 1.27. The summed E-state index contributed by atoms with van der Waals surface area (Å²) in [6.07, 6.45) is 0. The highest BCUT2D eigenvalue weighted by Crippen LogP contribution is 2.47. The van der Waals surface area contributed by atoms with E-state index in [2.05, 4.69) is 75.8 Å². The van der Waals surface area contributed by atoms with Crippen LogP contribution in [0.2, 0.25) is 0 Å². The van der Waals surface area contributed by atoms with Crippen molar-refractivity contribution < 1.29 is 25.8 Å². The molecule has 0 fully saturated rings. The Kier molecular flexibility index (Phi) is 9.56. The molecule has 50 heavy (non-hydrogen) atoms. The van der Waals surface area contributed by atoms with Crippen molar-refractivity contribution in [3.05, 3.63) is 109 Å². The van der Waals surface area contributed by atoms with Crippen molar-refractivity contribution in [2.24, 2.45) is 0 Å². The number of fused-ring (bicyclic) bond motifs is 6. The molecule has 0 spiro atoms. The number of hydrogen-bond acceptors (Lipinski definition) is 12.